The maximum Gasteiger partial charge on any atom is 0.261 e. The summed E-state index contributed by atoms with van der Waals surface area (Å²) in [5.74, 6) is 0.783. The molecule has 3 rings (SSSR count). The summed E-state index contributed by atoms with van der Waals surface area (Å²) >= 11 is 1.61. The molecule has 3 aromatic rings. The van der Waals surface area contributed by atoms with E-state index in [1.807, 2.05) is 36.4 Å². The van der Waals surface area contributed by atoms with Crippen LogP contribution in [0, 0.1) is 0 Å². The number of hydrogen-bond donors (Lipinski definition) is 1. The minimum absolute atomic E-state index is 0.257. The summed E-state index contributed by atoms with van der Waals surface area (Å²) in [6.45, 7) is 0. The fourth-order valence-electron chi connectivity index (χ4n) is 2.22. The maximum atomic E-state index is 12.5. The Balaban J connectivity index is 1.79. The van der Waals surface area contributed by atoms with Crippen molar-refractivity contribution in [3.05, 3.63) is 90.5 Å². The summed E-state index contributed by atoms with van der Waals surface area (Å²) in [6, 6.07) is 25.9. The van der Waals surface area contributed by atoms with Gasteiger partial charge < -0.3 is 0 Å². The van der Waals surface area contributed by atoms with Crippen LogP contribution in [-0.2, 0) is 15.8 Å². The smallest absolute Gasteiger partial charge is 0.261 e. The number of benzene rings is 3. The minimum Gasteiger partial charge on any atom is -0.278 e. The molecule has 0 amide bonds. The van der Waals surface area contributed by atoms with Gasteiger partial charge in [-0.05, 0) is 29.8 Å². The van der Waals surface area contributed by atoms with E-state index in [9.17, 15) is 8.42 Å². The first kappa shape index (κ1) is 16.6. The third-order valence-corrected chi connectivity index (χ3v) is 5.95. The summed E-state index contributed by atoms with van der Waals surface area (Å²) < 4.78 is 27.7. The molecule has 0 atom stereocenters. The van der Waals surface area contributed by atoms with Crippen molar-refractivity contribution in [3.8, 4) is 0 Å². The number of para-hydroxylation sites is 1. The lowest BCUT2D eigenvalue weighted by Gasteiger charge is -2.12. The Morgan fingerprint density at radius 2 is 1.33 bits per heavy atom. The first-order chi connectivity index (χ1) is 11.6. The van der Waals surface area contributed by atoms with Crippen LogP contribution in [-0.4, -0.2) is 8.42 Å². The van der Waals surface area contributed by atoms with Crippen LogP contribution in [0.4, 0.5) is 5.69 Å². The minimum atomic E-state index is -3.58. The Labute approximate surface area is 146 Å². The number of anilines is 1. The Hall–Kier alpha value is -2.24. The fourth-order valence-corrected chi connectivity index (χ4v) is 4.34. The highest BCUT2D eigenvalue weighted by molar-refractivity contribution is 7.98. The van der Waals surface area contributed by atoms with E-state index in [1.54, 1.807) is 48.2 Å². The molecule has 0 saturated carbocycles. The summed E-state index contributed by atoms with van der Waals surface area (Å²) in [5.41, 5.74) is 1.80. The van der Waals surface area contributed by atoms with E-state index in [4.69, 9.17) is 0 Å². The molecule has 3 aromatic carbocycles. The lowest BCUT2D eigenvalue weighted by atomic mass is 10.2. The number of thioether (sulfide) groups is 1. The number of rotatable bonds is 6. The fraction of sp³-hybridized carbons (Fsp3) is 0.0526. The van der Waals surface area contributed by atoms with E-state index in [-0.39, 0.29) is 4.90 Å². The van der Waals surface area contributed by atoms with Gasteiger partial charge in [-0.25, -0.2) is 8.42 Å². The van der Waals surface area contributed by atoms with Crippen LogP contribution >= 0.6 is 11.8 Å². The second kappa shape index (κ2) is 7.55. The van der Waals surface area contributed by atoms with Crippen LogP contribution in [0.2, 0.25) is 0 Å². The summed E-state index contributed by atoms with van der Waals surface area (Å²) in [5, 5.41) is 0. The van der Waals surface area contributed by atoms with Crippen LogP contribution in [0.5, 0.6) is 0 Å². The topological polar surface area (TPSA) is 46.2 Å². The molecule has 5 heteroatoms. The molecule has 0 radical (unpaired) electrons. The molecular formula is C19H17NO2S2. The third kappa shape index (κ3) is 4.19. The van der Waals surface area contributed by atoms with Gasteiger partial charge in [0.25, 0.3) is 10.0 Å². The third-order valence-electron chi connectivity index (χ3n) is 3.42. The maximum absolute atomic E-state index is 12.5. The molecule has 0 heterocycles. The van der Waals surface area contributed by atoms with Crippen molar-refractivity contribution < 1.29 is 8.42 Å². The molecule has 24 heavy (non-hydrogen) atoms. The molecule has 1 N–H and O–H groups in total. The van der Waals surface area contributed by atoms with Gasteiger partial charge in [-0.2, -0.15) is 0 Å². The van der Waals surface area contributed by atoms with Crippen LogP contribution in [0.15, 0.2) is 94.7 Å². The van der Waals surface area contributed by atoms with Gasteiger partial charge >= 0.3 is 0 Å². The highest BCUT2D eigenvalue weighted by Crippen LogP contribution is 2.31. The van der Waals surface area contributed by atoms with Crippen LogP contribution in [0.3, 0.4) is 0 Å². The Morgan fingerprint density at radius 3 is 2.04 bits per heavy atom. The highest BCUT2D eigenvalue weighted by Gasteiger charge is 2.15. The van der Waals surface area contributed by atoms with Gasteiger partial charge in [0.1, 0.15) is 0 Å². The van der Waals surface area contributed by atoms with E-state index in [0.717, 1.165) is 10.6 Å². The van der Waals surface area contributed by atoms with Gasteiger partial charge in [-0.3, -0.25) is 4.72 Å². The van der Waals surface area contributed by atoms with Crippen LogP contribution in [0.1, 0.15) is 5.56 Å². The summed E-state index contributed by atoms with van der Waals surface area (Å²) in [7, 11) is -3.58. The standard InChI is InChI=1S/C19H17NO2S2/c21-24(22,17-11-5-2-6-12-17)20-18-13-7-8-14-19(18)23-15-16-9-3-1-4-10-16/h1-14,20H,15H2. The number of sulfonamides is 1. The summed E-state index contributed by atoms with van der Waals surface area (Å²) in [4.78, 5) is 1.16. The molecule has 0 spiro atoms. The average molecular weight is 355 g/mol. The number of nitrogens with one attached hydrogen (secondary N) is 1. The van der Waals surface area contributed by atoms with Crippen molar-refractivity contribution in [2.45, 2.75) is 15.5 Å². The van der Waals surface area contributed by atoms with Crippen molar-refractivity contribution in [2.24, 2.45) is 0 Å². The predicted octanol–water partition coefficient (Wildman–Crippen LogP) is 4.78. The monoisotopic (exact) mass is 355 g/mol. The second-order valence-corrected chi connectivity index (χ2v) is 7.89. The average Bonchev–Trinajstić information content (AvgIpc) is 2.62. The molecule has 0 bridgehead atoms. The quantitative estimate of drug-likeness (QED) is 0.647. The summed E-state index contributed by atoms with van der Waals surface area (Å²) in [6.07, 6.45) is 0. The molecule has 0 aliphatic rings. The normalized spacial score (nSPS) is 11.2. The molecule has 122 valence electrons. The lowest BCUT2D eigenvalue weighted by molar-refractivity contribution is 0.601. The zero-order chi connectivity index (χ0) is 16.8. The van der Waals surface area contributed by atoms with E-state index >= 15 is 0 Å². The molecule has 0 saturated heterocycles. The zero-order valence-corrected chi connectivity index (χ0v) is 14.6. The molecule has 0 aromatic heterocycles. The van der Waals surface area contributed by atoms with E-state index in [1.165, 1.54) is 5.56 Å². The Kier molecular flexibility index (Phi) is 5.23. The van der Waals surface area contributed by atoms with Gasteiger partial charge in [-0.1, -0.05) is 60.7 Å². The van der Waals surface area contributed by atoms with Gasteiger partial charge in [0.05, 0.1) is 10.6 Å². The van der Waals surface area contributed by atoms with E-state index in [2.05, 4.69) is 16.9 Å². The Bertz CT molecular complexity index is 895. The van der Waals surface area contributed by atoms with Crippen LogP contribution in [0.25, 0.3) is 0 Å². The van der Waals surface area contributed by atoms with E-state index < -0.39 is 10.0 Å². The van der Waals surface area contributed by atoms with Crippen molar-refractivity contribution in [2.75, 3.05) is 4.72 Å². The predicted molar refractivity (Wildman–Crippen MR) is 99.7 cm³/mol. The largest absolute Gasteiger partial charge is 0.278 e. The van der Waals surface area contributed by atoms with Crippen LogP contribution < -0.4 is 4.72 Å². The molecular weight excluding hydrogens is 338 g/mol. The first-order valence-corrected chi connectivity index (χ1v) is 9.96. The van der Waals surface area contributed by atoms with Crippen molar-refractivity contribution in [1.82, 2.24) is 0 Å². The first-order valence-electron chi connectivity index (χ1n) is 7.49. The second-order valence-electron chi connectivity index (χ2n) is 5.19. The van der Waals surface area contributed by atoms with Gasteiger partial charge in [-0.15, -0.1) is 11.8 Å². The Morgan fingerprint density at radius 1 is 0.750 bits per heavy atom. The molecule has 0 unspecified atom stereocenters. The molecule has 3 nitrogen and oxygen atoms in total. The van der Waals surface area contributed by atoms with Crippen molar-refractivity contribution in [3.63, 3.8) is 0 Å². The van der Waals surface area contributed by atoms with Gasteiger partial charge in [0.15, 0.2) is 0 Å². The van der Waals surface area contributed by atoms with Gasteiger partial charge in [0, 0.05) is 10.6 Å². The number of hydrogen-bond acceptors (Lipinski definition) is 3. The van der Waals surface area contributed by atoms with Crippen molar-refractivity contribution in [1.29, 1.82) is 0 Å². The highest BCUT2D eigenvalue weighted by atomic mass is 32.2. The lowest BCUT2D eigenvalue weighted by Crippen LogP contribution is -2.13. The molecule has 0 aliphatic heterocycles. The zero-order valence-electron chi connectivity index (χ0n) is 12.9. The molecule has 0 fully saturated rings. The van der Waals surface area contributed by atoms with Crippen molar-refractivity contribution >= 4 is 27.5 Å². The SMILES string of the molecule is O=S(=O)(Nc1ccccc1SCc1ccccc1)c1ccccc1. The van der Waals surface area contributed by atoms with Gasteiger partial charge in [0.2, 0.25) is 0 Å². The molecule has 0 aliphatic carbocycles. The van der Waals surface area contributed by atoms with E-state index in [0.29, 0.717) is 5.69 Å².